The van der Waals surface area contributed by atoms with E-state index in [1.54, 1.807) is 6.07 Å². The highest BCUT2D eigenvalue weighted by atomic mass is 32.1. The van der Waals surface area contributed by atoms with Gasteiger partial charge in [0.05, 0.1) is 6.10 Å². The van der Waals surface area contributed by atoms with Gasteiger partial charge in [-0.05, 0) is 30.4 Å². The van der Waals surface area contributed by atoms with Gasteiger partial charge >= 0.3 is 0 Å². The number of amides is 1. The smallest absolute Gasteiger partial charge is 0.252 e. The lowest BCUT2D eigenvalue weighted by atomic mass is 10.0. The van der Waals surface area contributed by atoms with Crippen LogP contribution in [0.3, 0.4) is 0 Å². The van der Waals surface area contributed by atoms with Gasteiger partial charge in [-0.2, -0.15) is 11.3 Å². The summed E-state index contributed by atoms with van der Waals surface area (Å²) in [6, 6.07) is 11.2. The molecule has 2 atom stereocenters. The Morgan fingerprint density at radius 3 is 2.68 bits per heavy atom. The van der Waals surface area contributed by atoms with Gasteiger partial charge in [-0.1, -0.05) is 30.3 Å². The first-order chi connectivity index (χ1) is 9.16. The zero-order valence-electron chi connectivity index (χ0n) is 10.7. The molecule has 1 heterocycles. The first-order valence-electron chi connectivity index (χ1n) is 6.23. The van der Waals surface area contributed by atoms with E-state index in [9.17, 15) is 9.90 Å². The third kappa shape index (κ3) is 3.91. The van der Waals surface area contributed by atoms with Crippen LogP contribution in [0.25, 0.3) is 0 Å². The van der Waals surface area contributed by atoms with Crippen molar-refractivity contribution in [3.63, 3.8) is 0 Å². The Morgan fingerprint density at radius 2 is 2.05 bits per heavy atom. The lowest BCUT2D eigenvalue weighted by Crippen LogP contribution is -2.33. The Bertz CT molecular complexity index is 510. The predicted molar refractivity (Wildman–Crippen MR) is 77.3 cm³/mol. The summed E-state index contributed by atoms with van der Waals surface area (Å²) in [7, 11) is 0. The van der Waals surface area contributed by atoms with Gasteiger partial charge in [-0.3, -0.25) is 4.79 Å². The molecule has 2 N–H and O–H groups in total. The molecule has 0 spiro atoms. The standard InChI is InChI=1S/C15H17NO2S/c1-11(16-15(18)13-7-8-19-10-13)9-14(17)12-5-3-2-4-6-12/h2-8,10-11,14,17H,9H2,1H3,(H,16,18). The average molecular weight is 275 g/mol. The number of thiophene rings is 1. The SMILES string of the molecule is CC(CC(O)c1ccccc1)NC(=O)c1ccsc1. The highest BCUT2D eigenvalue weighted by Crippen LogP contribution is 2.18. The maximum atomic E-state index is 11.8. The van der Waals surface area contributed by atoms with Gasteiger partial charge in [0, 0.05) is 17.0 Å². The largest absolute Gasteiger partial charge is 0.388 e. The summed E-state index contributed by atoms with van der Waals surface area (Å²) in [6.45, 7) is 1.90. The lowest BCUT2D eigenvalue weighted by Gasteiger charge is -2.18. The van der Waals surface area contributed by atoms with Gasteiger partial charge in [0.15, 0.2) is 0 Å². The maximum absolute atomic E-state index is 11.8. The molecule has 3 nitrogen and oxygen atoms in total. The van der Waals surface area contributed by atoms with Crippen LogP contribution in [0.4, 0.5) is 0 Å². The quantitative estimate of drug-likeness (QED) is 0.881. The van der Waals surface area contributed by atoms with E-state index in [0.717, 1.165) is 5.56 Å². The van der Waals surface area contributed by atoms with E-state index >= 15 is 0 Å². The Labute approximate surface area is 116 Å². The van der Waals surface area contributed by atoms with E-state index in [2.05, 4.69) is 5.32 Å². The second-order valence-corrected chi connectivity index (χ2v) is 5.33. The molecule has 1 aromatic carbocycles. The van der Waals surface area contributed by atoms with Crippen LogP contribution in [-0.4, -0.2) is 17.1 Å². The van der Waals surface area contributed by atoms with E-state index in [-0.39, 0.29) is 11.9 Å². The Hall–Kier alpha value is -1.65. The molecule has 0 radical (unpaired) electrons. The van der Waals surface area contributed by atoms with Gasteiger partial charge in [0.1, 0.15) is 0 Å². The van der Waals surface area contributed by atoms with E-state index in [1.165, 1.54) is 11.3 Å². The van der Waals surface area contributed by atoms with Crippen LogP contribution in [0, 0.1) is 0 Å². The van der Waals surface area contributed by atoms with E-state index in [4.69, 9.17) is 0 Å². The van der Waals surface area contributed by atoms with Crippen molar-refractivity contribution in [2.24, 2.45) is 0 Å². The molecule has 0 saturated heterocycles. The summed E-state index contributed by atoms with van der Waals surface area (Å²) >= 11 is 1.50. The van der Waals surface area contributed by atoms with Crippen molar-refractivity contribution in [2.75, 3.05) is 0 Å². The summed E-state index contributed by atoms with van der Waals surface area (Å²) in [6.07, 6.45) is -0.0566. The fourth-order valence-electron chi connectivity index (χ4n) is 1.91. The number of aliphatic hydroxyl groups excluding tert-OH is 1. The van der Waals surface area contributed by atoms with Crippen LogP contribution in [0.1, 0.15) is 35.4 Å². The molecule has 2 rings (SSSR count). The molecule has 100 valence electrons. The second kappa shape index (κ2) is 6.50. The van der Waals surface area contributed by atoms with Gasteiger partial charge in [0.25, 0.3) is 5.91 Å². The molecule has 19 heavy (non-hydrogen) atoms. The van der Waals surface area contributed by atoms with E-state index in [1.807, 2.05) is 48.0 Å². The fraction of sp³-hybridized carbons (Fsp3) is 0.267. The number of hydrogen-bond donors (Lipinski definition) is 2. The average Bonchev–Trinajstić information content (AvgIpc) is 2.93. The van der Waals surface area contributed by atoms with E-state index in [0.29, 0.717) is 12.0 Å². The van der Waals surface area contributed by atoms with Crippen LogP contribution in [0.15, 0.2) is 47.2 Å². The Morgan fingerprint density at radius 1 is 1.32 bits per heavy atom. The van der Waals surface area contributed by atoms with E-state index < -0.39 is 6.10 Å². The molecule has 1 amide bonds. The van der Waals surface area contributed by atoms with Crippen LogP contribution < -0.4 is 5.32 Å². The monoisotopic (exact) mass is 275 g/mol. The predicted octanol–water partition coefficient (Wildman–Crippen LogP) is 2.99. The van der Waals surface area contributed by atoms with Gasteiger partial charge in [-0.15, -0.1) is 0 Å². The highest BCUT2D eigenvalue weighted by molar-refractivity contribution is 7.08. The minimum Gasteiger partial charge on any atom is -0.388 e. The molecule has 2 unspecified atom stereocenters. The zero-order valence-corrected chi connectivity index (χ0v) is 11.6. The topological polar surface area (TPSA) is 49.3 Å². The molecule has 4 heteroatoms. The maximum Gasteiger partial charge on any atom is 0.252 e. The normalized spacial score (nSPS) is 13.8. The molecule has 0 aliphatic carbocycles. The van der Waals surface area contributed by atoms with Crippen LogP contribution in [-0.2, 0) is 0 Å². The van der Waals surface area contributed by atoms with Crippen LogP contribution in [0.5, 0.6) is 0 Å². The Balaban J connectivity index is 1.88. The van der Waals surface area contributed by atoms with Crippen molar-refractivity contribution in [3.05, 3.63) is 58.3 Å². The number of hydrogen-bond acceptors (Lipinski definition) is 3. The second-order valence-electron chi connectivity index (χ2n) is 4.55. The molecule has 0 aliphatic heterocycles. The number of rotatable bonds is 5. The van der Waals surface area contributed by atoms with Gasteiger partial charge in [0.2, 0.25) is 0 Å². The van der Waals surface area contributed by atoms with Crippen molar-refractivity contribution in [3.8, 4) is 0 Å². The van der Waals surface area contributed by atoms with Crippen LogP contribution >= 0.6 is 11.3 Å². The number of benzene rings is 1. The molecule has 0 saturated carbocycles. The van der Waals surface area contributed by atoms with Crippen molar-refractivity contribution >= 4 is 17.2 Å². The minimum absolute atomic E-state index is 0.0809. The van der Waals surface area contributed by atoms with Crippen molar-refractivity contribution < 1.29 is 9.90 Å². The van der Waals surface area contributed by atoms with Crippen molar-refractivity contribution in [1.82, 2.24) is 5.32 Å². The molecule has 0 fully saturated rings. The molecule has 1 aromatic heterocycles. The van der Waals surface area contributed by atoms with Crippen molar-refractivity contribution in [1.29, 1.82) is 0 Å². The first-order valence-corrected chi connectivity index (χ1v) is 7.17. The Kier molecular flexibility index (Phi) is 4.71. The summed E-state index contributed by atoms with van der Waals surface area (Å²) in [5.74, 6) is -0.0889. The summed E-state index contributed by atoms with van der Waals surface area (Å²) in [5.41, 5.74) is 1.55. The molecule has 0 bridgehead atoms. The summed E-state index contributed by atoms with van der Waals surface area (Å²) < 4.78 is 0. The van der Waals surface area contributed by atoms with Crippen molar-refractivity contribution in [2.45, 2.75) is 25.5 Å². The third-order valence-corrected chi connectivity index (χ3v) is 3.61. The highest BCUT2D eigenvalue weighted by Gasteiger charge is 2.15. The summed E-state index contributed by atoms with van der Waals surface area (Å²) in [5, 5.41) is 16.7. The number of carbonyl (C=O) groups is 1. The third-order valence-electron chi connectivity index (χ3n) is 2.92. The van der Waals surface area contributed by atoms with Gasteiger partial charge in [-0.25, -0.2) is 0 Å². The molecular weight excluding hydrogens is 258 g/mol. The van der Waals surface area contributed by atoms with Gasteiger partial charge < -0.3 is 10.4 Å². The lowest BCUT2D eigenvalue weighted by molar-refractivity contribution is 0.0917. The molecular formula is C15H17NO2S. The molecule has 0 aliphatic rings. The summed E-state index contributed by atoms with van der Waals surface area (Å²) in [4.78, 5) is 11.8. The number of carbonyl (C=O) groups excluding carboxylic acids is 1. The zero-order chi connectivity index (χ0) is 13.7. The van der Waals surface area contributed by atoms with Crippen LogP contribution in [0.2, 0.25) is 0 Å². The fourth-order valence-corrected chi connectivity index (χ4v) is 2.54. The molecule has 2 aromatic rings. The minimum atomic E-state index is -0.557. The number of nitrogens with one attached hydrogen (secondary N) is 1. The number of aliphatic hydroxyl groups is 1. The first kappa shape index (κ1) is 13.8.